The van der Waals surface area contributed by atoms with Crippen molar-refractivity contribution in [2.45, 2.75) is 26.3 Å². The van der Waals surface area contributed by atoms with E-state index in [1.807, 2.05) is 13.1 Å². The summed E-state index contributed by atoms with van der Waals surface area (Å²) in [6, 6.07) is 6.33. The minimum atomic E-state index is 0.161. The van der Waals surface area contributed by atoms with E-state index in [0.29, 0.717) is 6.54 Å². The second-order valence-corrected chi connectivity index (χ2v) is 5.98. The van der Waals surface area contributed by atoms with Crippen molar-refractivity contribution in [3.05, 3.63) is 28.8 Å². The van der Waals surface area contributed by atoms with Crippen LogP contribution in [0.25, 0.3) is 0 Å². The van der Waals surface area contributed by atoms with Crippen LogP contribution in [-0.4, -0.2) is 44.0 Å². The Balaban J connectivity index is 2.17. The van der Waals surface area contributed by atoms with Crippen LogP contribution in [0, 0.1) is 0 Å². The van der Waals surface area contributed by atoms with Gasteiger partial charge in [0.25, 0.3) is 0 Å². The van der Waals surface area contributed by atoms with Gasteiger partial charge in [0.2, 0.25) is 5.91 Å². The van der Waals surface area contributed by atoms with Crippen molar-refractivity contribution in [3.63, 3.8) is 0 Å². The topological polar surface area (TPSA) is 35.6 Å². The van der Waals surface area contributed by atoms with E-state index >= 15 is 0 Å². The highest BCUT2D eigenvalue weighted by atomic mass is 35.5. The number of rotatable bonds is 4. The largest absolute Gasteiger partial charge is 0.362 e. The Labute approximate surface area is 132 Å². The third-order valence-electron chi connectivity index (χ3n) is 4.00. The molecule has 1 atom stereocenters. The van der Waals surface area contributed by atoms with E-state index in [0.717, 1.165) is 42.3 Å². The molecule has 0 spiro atoms. The summed E-state index contributed by atoms with van der Waals surface area (Å²) in [6.07, 6.45) is 0.982. The highest BCUT2D eigenvalue weighted by molar-refractivity contribution is 6.31. The lowest BCUT2D eigenvalue weighted by Gasteiger charge is -2.23. The highest BCUT2D eigenvalue weighted by Crippen LogP contribution is 2.28. The van der Waals surface area contributed by atoms with Crippen LogP contribution >= 0.6 is 11.6 Å². The fourth-order valence-corrected chi connectivity index (χ4v) is 3.03. The van der Waals surface area contributed by atoms with Gasteiger partial charge in [-0.1, -0.05) is 24.6 Å². The van der Waals surface area contributed by atoms with Crippen LogP contribution in [0.15, 0.2) is 18.2 Å². The molecule has 0 saturated carbocycles. The van der Waals surface area contributed by atoms with Gasteiger partial charge in [-0.25, -0.2) is 0 Å². The first-order valence-electron chi connectivity index (χ1n) is 7.54. The zero-order chi connectivity index (χ0) is 15.4. The van der Waals surface area contributed by atoms with E-state index in [2.05, 4.69) is 36.2 Å². The molecule has 0 bridgehead atoms. The molecule has 116 valence electrons. The summed E-state index contributed by atoms with van der Waals surface area (Å²) in [5.74, 6) is 0.161. The van der Waals surface area contributed by atoms with E-state index in [1.54, 1.807) is 4.90 Å². The third-order valence-corrected chi connectivity index (χ3v) is 4.33. The Morgan fingerprint density at radius 2 is 2.14 bits per heavy atom. The van der Waals surface area contributed by atoms with Crippen LogP contribution in [0.3, 0.4) is 0 Å². The molecule has 1 N–H and O–H groups in total. The molecule has 5 heteroatoms. The first-order chi connectivity index (χ1) is 10.0. The quantitative estimate of drug-likeness (QED) is 0.929. The number of carbonyl (C=O) groups is 1. The Hall–Kier alpha value is -1.26. The van der Waals surface area contributed by atoms with Gasteiger partial charge in [0.1, 0.15) is 0 Å². The van der Waals surface area contributed by atoms with Crippen LogP contribution in [0.4, 0.5) is 5.69 Å². The second-order valence-electron chi connectivity index (χ2n) is 5.58. The summed E-state index contributed by atoms with van der Waals surface area (Å²) in [6.45, 7) is 7.22. The first kappa shape index (κ1) is 16.1. The van der Waals surface area contributed by atoms with Crippen molar-refractivity contribution >= 4 is 23.2 Å². The van der Waals surface area contributed by atoms with Crippen LogP contribution in [0.1, 0.15) is 31.9 Å². The summed E-state index contributed by atoms with van der Waals surface area (Å²) >= 11 is 6.42. The van der Waals surface area contributed by atoms with E-state index in [9.17, 15) is 4.79 Å². The van der Waals surface area contributed by atoms with Crippen molar-refractivity contribution in [1.82, 2.24) is 10.2 Å². The zero-order valence-electron chi connectivity index (χ0n) is 13.0. The average molecular weight is 310 g/mol. The van der Waals surface area contributed by atoms with Gasteiger partial charge < -0.3 is 15.1 Å². The smallest absolute Gasteiger partial charge is 0.241 e. The molecule has 1 saturated heterocycles. The molecule has 4 nitrogen and oxygen atoms in total. The molecular weight excluding hydrogens is 286 g/mol. The molecule has 1 aromatic carbocycles. The van der Waals surface area contributed by atoms with Crippen molar-refractivity contribution in [2.75, 3.05) is 38.1 Å². The van der Waals surface area contributed by atoms with Gasteiger partial charge >= 0.3 is 0 Å². The molecule has 21 heavy (non-hydrogen) atoms. The van der Waals surface area contributed by atoms with E-state index < -0.39 is 0 Å². The minimum Gasteiger partial charge on any atom is -0.362 e. The van der Waals surface area contributed by atoms with E-state index in [-0.39, 0.29) is 11.9 Å². The van der Waals surface area contributed by atoms with Gasteiger partial charge in [-0.2, -0.15) is 0 Å². The standard InChI is InChI=1S/C16H24ClN3O/c1-4-18-12(2)14-7-6-13(10-15(14)17)20-9-5-8-19(3)16(21)11-20/h6-7,10,12,18H,4-5,8-9,11H2,1-3H3. The number of anilines is 1. The first-order valence-corrected chi connectivity index (χ1v) is 7.92. The summed E-state index contributed by atoms with van der Waals surface area (Å²) in [5, 5.41) is 4.12. The molecule has 1 amide bonds. The Bertz CT molecular complexity index is 506. The number of halogens is 1. The maximum absolute atomic E-state index is 12.0. The lowest BCUT2D eigenvalue weighted by atomic mass is 10.1. The summed E-state index contributed by atoms with van der Waals surface area (Å²) in [5.41, 5.74) is 2.12. The number of hydrogen-bond acceptors (Lipinski definition) is 3. The molecule has 1 aliphatic heterocycles. The fraction of sp³-hybridized carbons (Fsp3) is 0.562. The number of likely N-dealkylation sites (N-methyl/N-ethyl adjacent to an activating group) is 1. The number of nitrogens with zero attached hydrogens (tertiary/aromatic N) is 2. The number of nitrogens with one attached hydrogen (secondary N) is 1. The number of hydrogen-bond donors (Lipinski definition) is 1. The maximum atomic E-state index is 12.0. The van der Waals surface area contributed by atoms with Crippen molar-refractivity contribution in [1.29, 1.82) is 0 Å². The monoisotopic (exact) mass is 309 g/mol. The Kier molecular flexibility index (Phi) is 5.48. The summed E-state index contributed by atoms with van der Waals surface area (Å²) < 4.78 is 0. The Morgan fingerprint density at radius 1 is 1.38 bits per heavy atom. The summed E-state index contributed by atoms with van der Waals surface area (Å²) in [7, 11) is 1.86. The molecule has 2 rings (SSSR count). The molecule has 0 aliphatic carbocycles. The van der Waals surface area contributed by atoms with Crippen LogP contribution < -0.4 is 10.2 Å². The van der Waals surface area contributed by atoms with E-state index in [1.165, 1.54) is 0 Å². The number of benzene rings is 1. The molecule has 0 aromatic heterocycles. The lowest BCUT2D eigenvalue weighted by molar-refractivity contribution is -0.127. The maximum Gasteiger partial charge on any atom is 0.241 e. The van der Waals surface area contributed by atoms with Gasteiger partial charge in [0.05, 0.1) is 6.54 Å². The Morgan fingerprint density at radius 3 is 2.81 bits per heavy atom. The van der Waals surface area contributed by atoms with Gasteiger partial charge in [0, 0.05) is 36.9 Å². The molecular formula is C16H24ClN3O. The third kappa shape index (κ3) is 3.89. The predicted molar refractivity (Wildman–Crippen MR) is 88.0 cm³/mol. The van der Waals surface area contributed by atoms with Crippen LogP contribution in [0.2, 0.25) is 5.02 Å². The molecule has 1 fully saturated rings. The van der Waals surface area contributed by atoms with Crippen molar-refractivity contribution in [3.8, 4) is 0 Å². The molecule has 1 heterocycles. The van der Waals surface area contributed by atoms with Gasteiger partial charge in [-0.05, 0) is 37.6 Å². The predicted octanol–water partition coefficient (Wildman–Crippen LogP) is 2.68. The normalized spacial score (nSPS) is 17.8. The highest BCUT2D eigenvalue weighted by Gasteiger charge is 2.20. The van der Waals surface area contributed by atoms with Crippen molar-refractivity contribution < 1.29 is 4.79 Å². The summed E-state index contributed by atoms with van der Waals surface area (Å²) in [4.78, 5) is 15.9. The number of amides is 1. The van der Waals surface area contributed by atoms with Crippen LogP contribution in [-0.2, 0) is 4.79 Å². The van der Waals surface area contributed by atoms with E-state index in [4.69, 9.17) is 11.6 Å². The van der Waals surface area contributed by atoms with Gasteiger partial charge in [-0.3, -0.25) is 4.79 Å². The second kappa shape index (κ2) is 7.14. The van der Waals surface area contributed by atoms with Gasteiger partial charge in [0.15, 0.2) is 0 Å². The zero-order valence-corrected chi connectivity index (χ0v) is 13.8. The molecule has 1 aromatic rings. The lowest BCUT2D eigenvalue weighted by Crippen LogP contribution is -2.34. The van der Waals surface area contributed by atoms with Crippen LogP contribution in [0.5, 0.6) is 0 Å². The number of carbonyl (C=O) groups excluding carboxylic acids is 1. The SMILES string of the molecule is CCNC(C)c1ccc(N2CCCN(C)C(=O)C2)cc1Cl. The molecule has 0 radical (unpaired) electrons. The molecule has 1 aliphatic rings. The van der Waals surface area contributed by atoms with Gasteiger partial charge in [-0.15, -0.1) is 0 Å². The molecule has 1 unspecified atom stereocenters. The minimum absolute atomic E-state index is 0.161. The fourth-order valence-electron chi connectivity index (χ4n) is 2.69. The van der Waals surface area contributed by atoms with Crippen molar-refractivity contribution in [2.24, 2.45) is 0 Å². The average Bonchev–Trinajstić information content (AvgIpc) is 2.61.